The summed E-state index contributed by atoms with van der Waals surface area (Å²) in [7, 11) is 1.51. The minimum atomic E-state index is -4.44. The van der Waals surface area contributed by atoms with Crippen LogP contribution in [0.2, 0.25) is 0 Å². The molecule has 0 aliphatic rings. The first-order valence-electron chi connectivity index (χ1n) is 30.2. The second kappa shape index (κ2) is 51.0. The number of hydrogen-bond donors (Lipinski definition) is 2. The third kappa shape index (κ3) is 51.4. The van der Waals surface area contributed by atoms with Crippen molar-refractivity contribution in [2.24, 2.45) is 0 Å². The SMILES string of the molecule is CCCCCCCC/C=C/CCCCCCCCCCCC(=O)NC(COP(=O)(O)OCC[N+](C)(C)C)C(/C=C\CCCCCCCCCCCC)OC(=O)CCCCCCCCCCCCCCC. The Morgan fingerprint density at radius 3 is 1.21 bits per heavy atom. The first-order valence-corrected chi connectivity index (χ1v) is 31.7. The first kappa shape index (κ1) is 68.5. The Morgan fingerprint density at radius 2 is 0.829 bits per heavy atom. The number of likely N-dealkylation sites (N-methyl/N-ethyl adjacent to an activating group) is 1. The highest BCUT2D eigenvalue weighted by Crippen LogP contribution is 2.43. The van der Waals surface area contributed by atoms with Gasteiger partial charge in [0.05, 0.1) is 33.8 Å². The molecule has 0 rings (SSSR count). The number of carbonyl (C=O) groups is 2. The number of nitrogens with zero attached hydrogens (tertiary/aromatic N) is 1. The zero-order valence-corrected chi connectivity index (χ0v) is 48.2. The van der Waals surface area contributed by atoms with Gasteiger partial charge in [0.25, 0.3) is 0 Å². The molecule has 10 heteroatoms. The van der Waals surface area contributed by atoms with E-state index in [1.54, 1.807) is 0 Å². The standard InChI is InChI=1S/C60H117N2O7P/c1-7-10-13-16-19-22-25-28-29-30-31-32-33-35-37-40-43-46-49-52-59(63)61-57(56-68-70(65,66)67-55-54-62(4,5)6)58(51-48-45-42-39-36-27-24-21-18-15-12-9-3)69-60(64)53-50-47-44-41-38-34-26-23-20-17-14-11-8-2/h28-29,48,51,57-58H,7-27,30-47,49-50,52-56H2,1-6H3,(H-,61,63,65,66)/p+1/b29-28+,51-48-. The number of quaternary nitrogens is 1. The van der Waals surface area contributed by atoms with E-state index in [9.17, 15) is 19.0 Å². The Labute approximate surface area is 434 Å². The molecule has 0 aromatic rings. The van der Waals surface area contributed by atoms with Crippen molar-refractivity contribution in [3.8, 4) is 0 Å². The molecular formula is C60H118N2O7P+. The van der Waals surface area contributed by atoms with Crippen LogP contribution in [0.25, 0.3) is 0 Å². The number of rotatable bonds is 55. The van der Waals surface area contributed by atoms with Gasteiger partial charge in [-0.15, -0.1) is 0 Å². The second-order valence-corrected chi connectivity index (χ2v) is 23.3. The van der Waals surface area contributed by atoms with Crippen molar-refractivity contribution in [3.05, 3.63) is 24.3 Å². The molecule has 0 aromatic heterocycles. The number of amides is 1. The lowest BCUT2D eigenvalue weighted by Gasteiger charge is -2.27. The maximum atomic E-state index is 13.5. The number of phosphoric acid groups is 1. The smallest absolute Gasteiger partial charge is 0.456 e. The Kier molecular flexibility index (Phi) is 49.9. The lowest BCUT2D eigenvalue weighted by Crippen LogP contribution is -2.47. The minimum Gasteiger partial charge on any atom is -0.456 e. The maximum absolute atomic E-state index is 13.5. The van der Waals surface area contributed by atoms with E-state index in [-0.39, 0.29) is 25.1 Å². The third-order valence-electron chi connectivity index (χ3n) is 13.6. The summed E-state index contributed by atoms with van der Waals surface area (Å²) >= 11 is 0. The van der Waals surface area contributed by atoms with Crippen molar-refractivity contribution < 1.29 is 37.3 Å². The van der Waals surface area contributed by atoms with Gasteiger partial charge in [0.15, 0.2) is 0 Å². The van der Waals surface area contributed by atoms with Crippen molar-refractivity contribution in [1.29, 1.82) is 0 Å². The van der Waals surface area contributed by atoms with Crippen LogP contribution in [0.3, 0.4) is 0 Å². The predicted octanol–water partition coefficient (Wildman–Crippen LogP) is 18.2. The van der Waals surface area contributed by atoms with Gasteiger partial charge in [-0.3, -0.25) is 18.6 Å². The molecule has 0 aliphatic carbocycles. The normalized spacial score (nSPS) is 13.9. The largest absolute Gasteiger partial charge is 0.472 e. The average molecular weight is 1010 g/mol. The van der Waals surface area contributed by atoms with Crippen LogP contribution in [-0.4, -0.2) is 74.3 Å². The van der Waals surface area contributed by atoms with Gasteiger partial charge in [-0.1, -0.05) is 251 Å². The van der Waals surface area contributed by atoms with Crippen LogP contribution in [0.1, 0.15) is 297 Å². The summed E-state index contributed by atoms with van der Waals surface area (Å²) in [5, 5.41) is 3.06. The average Bonchev–Trinajstić information content (AvgIpc) is 3.32. The van der Waals surface area contributed by atoms with E-state index in [1.165, 1.54) is 205 Å². The minimum absolute atomic E-state index is 0.0433. The zero-order valence-electron chi connectivity index (χ0n) is 47.3. The number of unbranched alkanes of at least 4 members (excludes halogenated alkanes) is 37. The van der Waals surface area contributed by atoms with E-state index in [1.807, 2.05) is 33.3 Å². The quantitative estimate of drug-likeness (QED) is 0.0205. The van der Waals surface area contributed by atoms with E-state index in [0.717, 1.165) is 57.8 Å². The summed E-state index contributed by atoms with van der Waals surface area (Å²) in [6.45, 7) is 7.04. The van der Waals surface area contributed by atoms with Gasteiger partial charge >= 0.3 is 13.8 Å². The van der Waals surface area contributed by atoms with Gasteiger partial charge in [-0.25, -0.2) is 4.57 Å². The molecular weight excluding hydrogens is 892 g/mol. The van der Waals surface area contributed by atoms with Crippen molar-refractivity contribution >= 4 is 19.7 Å². The van der Waals surface area contributed by atoms with Crippen molar-refractivity contribution in [2.45, 2.75) is 309 Å². The van der Waals surface area contributed by atoms with Gasteiger partial charge in [0.1, 0.15) is 19.3 Å². The zero-order chi connectivity index (χ0) is 51.5. The fourth-order valence-electron chi connectivity index (χ4n) is 8.94. The molecule has 0 radical (unpaired) electrons. The predicted molar refractivity (Wildman–Crippen MR) is 300 cm³/mol. The molecule has 0 spiro atoms. The van der Waals surface area contributed by atoms with E-state index >= 15 is 0 Å². The highest BCUT2D eigenvalue weighted by molar-refractivity contribution is 7.47. The molecule has 0 saturated carbocycles. The lowest BCUT2D eigenvalue weighted by molar-refractivity contribution is -0.870. The van der Waals surface area contributed by atoms with Crippen LogP contribution in [0.5, 0.6) is 0 Å². The molecule has 0 aromatic carbocycles. The third-order valence-corrected chi connectivity index (χ3v) is 14.6. The molecule has 1 amide bonds. The number of ether oxygens (including phenoxy) is 1. The number of allylic oxidation sites excluding steroid dienone is 3. The molecule has 0 aliphatic heterocycles. The van der Waals surface area contributed by atoms with Crippen LogP contribution < -0.4 is 5.32 Å². The van der Waals surface area contributed by atoms with Crippen LogP contribution in [0.4, 0.5) is 0 Å². The summed E-state index contributed by atoms with van der Waals surface area (Å²) in [4.78, 5) is 37.6. The maximum Gasteiger partial charge on any atom is 0.472 e. The topological polar surface area (TPSA) is 111 Å². The summed E-state index contributed by atoms with van der Waals surface area (Å²) in [6, 6.07) is -0.842. The number of nitrogens with one attached hydrogen (secondary N) is 1. The molecule has 0 heterocycles. The van der Waals surface area contributed by atoms with Crippen molar-refractivity contribution in [1.82, 2.24) is 5.32 Å². The highest BCUT2D eigenvalue weighted by atomic mass is 31.2. The Hall–Kier alpha value is -1.51. The van der Waals surface area contributed by atoms with Crippen molar-refractivity contribution in [2.75, 3.05) is 40.9 Å². The first-order chi connectivity index (χ1) is 33.9. The fraction of sp³-hybridized carbons (Fsp3) is 0.900. The van der Waals surface area contributed by atoms with Gasteiger partial charge in [0.2, 0.25) is 5.91 Å². The number of phosphoric ester groups is 1. The number of hydrogen-bond acceptors (Lipinski definition) is 6. The van der Waals surface area contributed by atoms with E-state index in [0.29, 0.717) is 23.9 Å². The summed E-state index contributed by atoms with van der Waals surface area (Å²) in [5.41, 5.74) is 0. The van der Waals surface area contributed by atoms with E-state index < -0.39 is 20.0 Å². The van der Waals surface area contributed by atoms with Crippen LogP contribution in [-0.2, 0) is 27.9 Å². The molecule has 414 valence electrons. The number of esters is 1. The molecule has 0 bridgehead atoms. The van der Waals surface area contributed by atoms with Crippen molar-refractivity contribution in [3.63, 3.8) is 0 Å². The summed E-state index contributed by atoms with van der Waals surface area (Å²) in [6.07, 6.45) is 58.8. The Balaban J connectivity index is 5.24. The highest BCUT2D eigenvalue weighted by Gasteiger charge is 2.30. The summed E-state index contributed by atoms with van der Waals surface area (Å²) in [5.74, 6) is -0.494. The Morgan fingerprint density at radius 1 is 0.486 bits per heavy atom. The Bertz CT molecular complexity index is 1250. The van der Waals surface area contributed by atoms with Gasteiger partial charge in [0, 0.05) is 12.8 Å². The molecule has 0 saturated heterocycles. The fourth-order valence-corrected chi connectivity index (χ4v) is 9.67. The second-order valence-electron chi connectivity index (χ2n) is 21.9. The molecule has 70 heavy (non-hydrogen) atoms. The van der Waals surface area contributed by atoms with Gasteiger partial charge < -0.3 is 19.4 Å². The molecule has 3 atom stereocenters. The molecule has 2 N–H and O–H groups in total. The van der Waals surface area contributed by atoms with Crippen LogP contribution in [0, 0.1) is 0 Å². The van der Waals surface area contributed by atoms with Gasteiger partial charge in [-0.05, 0) is 57.4 Å². The monoisotopic (exact) mass is 1010 g/mol. The van der Waals surface area contributed by atoms with E-state index in [4.69, 9.17) is 13.8 Å². The van der Waals surface area contributed by atoms with Crippen LogP contribution in [0.15, 0.2) is 24.3 Å². The number of carbonyl (C=O) groups excluding carboxylic acids is 2. The van der Waals surface area contributed by atoms with E-state index in [2.05, 4.69) is 38.2 Å². The van der Waals surface area contributed by atoms with Crippen LogP contribution >= 0.6 is 7.82 Å². The molecule has 0 fully saturated rings. The lowest BCUT2D eigenvalue weighted by atomic mass is 10.0. The van der Waals surface area contributed by atoms with Gasteiger partial charge in [-0.2, -0.15) is 0 Å². The summed E-state index contributed by atoms with van der Waals surface area (Å²) < 4.78 is 30.6. The molecule has 9 nitrogen and oxygen atoms in total. The molecule has 3 unspecified atom stereocenters.